The Morgan fingerprint density at radius 2 is 1.67 bits per heavy atom. The summed E-state index contributed by atoms with van der Waals surface area (Å²) < 4.78 is 15.9. The molecule has 0 saturated carbocycles. The summed E-state index contributed by atoms with van der Waals surface area (Å²) in [6.07, 6.45) is -1.21. The number of carbonyl (C=O) groups excluding carboxylic acids is 1. The van der Waals surface area contributed by atoms with Crippen LogP contribution in [-0.4, -0.2) is 39.6 Å². The van der Waals surface area contributed by atoms with Gasteiger partial charge in [0.15, 0.2) is 12.4 Å². The van der Waals surface area contributed by atoms with Crippen LogP contribution in [0, 0.1) is 6.92 Å². The second-order valence-corrected chi connectivity index (χ2v) is 5.77. The summed E-state index contributed by atoms with van der Waals surface area (Å²) in [6.45, 7) is 3.82. The Morgan fingerprint density at radius 1 is 1.00 bits per heavy atom. The van der Waals surface area contributed by atoms with Crippen molar-refractivity contribution >= 4 is 16.7 Å². The lowest BCUT2D eigenvalue weighted by Crippen LogP contribution is -2.45. The number of benzene rings is 2. The molecule has 0 aliphatic carbocycles. The Balaban J connectivity index is 2.35. The molecule has 2 atom stereocenters. The van der Waals surface area contributed by atoms with E-state index in [0.717, 1.165) is 21.9 Å². The van der Waals surface area contributed by atoms with E-state index in [-0.39, 0.29) is 11.9 Å². The maximum absolute atomic E-state index is 12.8. The predicted octanol–water partition coefficient (Wildman–Crippen LogP) is 2.96. The SMILES string of the molecule is COC(C(=O)NC(C)C(OC)OC)c1c(C)ccc2ccccc12. The highest BCUT2D eigenvalue weighted by Crippen LogP contribution is 2.30. The first-order valence-corrected chi connectivity index (χ1v) is 7.90. The zero-order valence-corrected chi connectivity index (χ0v) is 14.8. The van der Waals surface area contributed by atoms with Crippen molar-refractivity contribution in [3.63, 3.8) is 0 Å². The molecule has 1 amide bonds. The summed E-state index contributed by atoms with van der Waals surface area (Å²) in [5.74, 6) is -0.219. The van der Waals surface area contributed by atoms with E-state index in [1.807, 2.05) is 50.2 Å². The molecule has 0 aliphatic rings. The Labute approximate surface area is 142 Å². The van der Waals surface area contributed by atoms with Crippen LogP contribution in [0.25, 0.3) is 10.8 Å². The Kier molecular flexibility index (Phi) is 6.31. The van der Waals surface area contributed by atoms with Gasteiger partial charge < -0.3 is 19.5 Å². The molecular weight excluding hydrogens is 306 g/mol. The largest absolute Gasteiger partial charge is 0.367 e. The maximum atomic E-state index is 12.8. The Morgan fingerprint density at radius 3 is 2.29 bits per heavy atom. The fourth-order valence-corrected chi connectivity index (χ4v) is 2.98. The third-order valence-electron chi connectivity index (χ3n) is 4.17. The van der Waals surface area contributed by atoms with E-state index >= 15 is 0 Å². The van der Waals surface area contributed by atoms with Gasteiger partial charge in [-0.2, -0.15) is 0 Å². The topological polar surface area (TPSA) is 56.8 Å². The quantitative estimate of drug-likeness (QED) is 0.793. The molecule has 2 unspecified atom stereocenters. The lowest BCUT2D eigenvalue weighted by Gasteiger charge is -2.25. The van der Waals surface area contributed by atoms with Crippen LogP contribution in [0.1, 0.15) is 24.2 Å². The predicted molar refractivity (Wildman–Crippen MR) is 93.8 cm³/mol. The number of rotatable bonds is 7. The third kappa shape index (κ3) is 3.75. The van der Waals surface area contributed by atoms with E-state index in [1.54, 1.807) is 21.3 Å². The number of aryl methyl sites for hydroxylation is 1. The van der Waals surface area contributed by atoms with Crippen LogP contribution in [0.5, 0.6) is 0 Å². The minimum Gasteiger partial charge on any atom is -0.367 e. The first-order valence-electron chi connectivity index (χ1n) is 7.90. The van der Waals surface area contributed by atoms with Crippen LogP contribution in [0.4, 0.5) is 0 Å². The van der Waals surface area contributed by atoms with Gasteiger partial charge in [-0.3, -0.25) is 4.79 Å². The minimum atomic E-state index is -0.701. The van der Waals surface area contributed by atoms with Gasteiger partial charge in [0.1, 0.15) is 0 Å². The lowest BCUT2D eigenvalue weighted by atomic mass is 9.95. The molecule has 1 N–H and O–H groups in total. The molecule has 0 radical (unpaired) electrons. The van der Waals surface area contributed by atoms with Crippen molar-refractivity contribution in [3.8, 4) is 0 Å². The summed E-state index contributed by atoms with van der Waals surface area (Å²) >= 11 is 0. The second kappa shape index (κ2) is 8.24. The van der Waals surface area contributed by atoms with Gasteiger partial charge in [0.25, 0.3) is 5.91 Å². The van der Waals surface area contributed by atoms with E-state index in [4.69, 9.17) is 14.2 Å². The average molecular weight is 331 g/mol. The number of amides is 1. The van der Waals surface area contributed by atoms with E-state index in [2.05, 4.69) is 5.32 Å². The minimum absolute atomic E-state index is 0.219. The van der Waals surface area contributed by atoms with Crippen molar-refractivity contribution in [3.05, 3.63) is 47.5 Å². The van der Waals surface area contributed by atoms with E-state index in [1.165, 1.54) is 0 Å². The number of ether oxygens (including phenoxy) is 3. The number of hydrogen-bond acceptors (Lipinski definition) is 4. The van der Waals surface area contributed by atoms with Crippen LogP contribution in [0.2, 0.25) is 0 Å². The lowest BCUT2D eigenvalue weighted by molar-refractivity contribution is -0.143. The number of methoxy groups -OCH3 is 3. The summed E-state index contributed by atoms with van der Waals surface area (Å²) in [7, 11) is 4.62. The number of fused-ring (bicyclic) bond motifs is 1. The van der Waals surface area contributed by atoms with Gasteiger partial charge in [-0.1, -0.05) is 36.4 Å². The normalized spacial score (nSPS) is 13.9. The van der Waals surface area contributed by atoms with Gasteiger partial charge in [-0.05, 0) is 30.2 Å². The van der Waals surface area contributed by atoms with Gasteiger partial charge in [0.2, 0.25) is 0 Å². The van der Waals surface area contributed by atoms with Gasteiger partial charge >= 0.3 is 0 Å². The van der Waals surface area contributed by atoms with Crippen molar-refractivity contribution in [2.75, 3.05) is 21.3 Å². The monoisotopic (exact) mass is 331 g/mol. The number of nitrogens with one attached hydrogen (secondary N) is 1. The van der Waals surface area contributed by atoms with Crippen LogP contribution in [0.3, 0.4) is 0 Å². The van der Waals surface area contributed by atoms with Crippen LogP contribution in [-0.2, 0) is 19.0 Å². The zero-order valence-electron chi connectivity index (χ0n) is 14.8. The van der Waals surface area contributed by atoms with Gasteiger partial charge in [0.05, 0.1) is 6.04 Å². The molecular formula is C19H25NO4. The van der Waals surface area contributed by atoms with E-state index < -0.39 is 12.4 Å². The molecule has 5 nitrogen and oxygen atoms in total. The highest BCUT2D eigenvalue weighted by molar-refractivity contribution is 5.93. The Hall–Kier alpha value is -1.95. The highest BCUT2D eigenvalue weighted by atomic mass is 16.7. The third-order valence-corrected chi connectivity index (χ3v) is 4.17. The van der Waals surface area contributed by atoms with E-state index in [0.29, 0.717) is 0 Å². The molecule has 24 heavy (non-hydrogen) atoms. The van der Waals surface area contributed by atoms with Crippen LogP contribution >= 0.6 is 0 Å². The summed E-state index contributed by atoms with van der Waals surface area (Å²) in [5.41, 5.74) is 1.89. The molecule has 0 bridgehead atoms. The number of carbonyl (C=O) groups is 1. The number of hydrogen-bond donors (Lipinski definition) is 1. The van der Waals surface area contributed by atoms with Crippen molar-refractivity contribution in [2.45, 2.75) is 32.3 Å². The molecule has 0 fully saturated rings. The first kappa shape index (κ1) is 18.4. The summed E-state index contributed by atoms with van der Waals surface area (Å²) in [4.78, 5) is 12.8. The van der Waals surface area contributed by atoms with Crippen LogP contribution < -0.4 is 5.32 Å². The molecule has 2 aromatic carbocycles. The van der Waals surface area contributed by atoms with Gasteiger partial charge in [-0.25, -0.2) is 0 Å². The average Bonchev–Trinajstić information content (AvgIpc) is 2.58. The highest BCUT2D eigenvalue weighted by Gasteiger charge is 2.27. The summed E-state index contributed by atoms with van der Waals surface area (Å²) in [6, 6.07) is 11.7. The molecule has 0 heterocycles. The smallest absolute Gasteiger partial charge is 0.254 e. The molecule has 5 heteroatoms. The molecule has 130 valence electrons. The molecule has 0 aromatic heterocycles. The molecule has 2 aromatic rings. The summed E-state index contributed by atoms with van der Waals surface area (Å²) in [5, 5.41) is 5.00. The van der Waals surface area contributed by atoms with Crippen molar-refractivity contribution < 1.29 is 19.0 Å². The fraction of sp³-hybridized carbons (Fsp3) is 0.421. The maximum Gasteiger partial charge on any atom is 0.254 e. The zero-order chi connectivity index (χ0) is 17.7. The van der Waals surface area contributed by atoms with Crippen molar-refractivity contribution in [2.24, 2.45) is 0 Å². The first-order chi connectivity index (χ1) is 11.5. The Bertz CT molecular complexity index is 697. The van der Waals surface area contributed by atoms with Gasteiger partial charge in [0, 0.05) is 26.9 Å². The second-order valence-electron chi connectivity index (χ2n) is 5.77. The molecule has 0 saturated heterocycles. The van der Waals surface area contributed by atoms with Gasteiger partial charge in [-0.15, -0.1) is 0 Å². The molecule has 2 rings (SSSR count). The van der Waals surface area contributed by atoms with E-state index in [9.17, 15) is 4.79 Å². The standard InChI is InChI=1S/C19H25NO4/c1-12-10-11-14-8-6-7-9-15(14)16(12)17(22-3)18(21)20-13(2)19(23-4)24-5/h6-11,13,17,19H,1-5H3,(H,20,21). The molecule has 0 aliphatic heterocycles. The fourth-order valence-electron chi connectivity index (χ4n) is 2.98. The van der Waals surface area contributed by atoms with Crippen LogP contribution in [0.15, 0.2) is 36.4 Å². The van der Waals surface area contributed by atoms with Crippen molar-refractivity contribution in [1.29, 1.82) is 0 Å². The van der Waals surface area contributed by atoms with Crippen molar-refractivity contribution in [1.82, 2.24) is 5.32 Å². The molecule has 0 spiro atoms.